The minimum Gasteiger partial charge on any atom is -0.383 e. The van der Waals surface area contributed by atoms with Crippen LogP contribution in [0.15, 0.2) is 0 Å². The summed E-state index contributed by atoms with van der Waals surface area (Å²) in [4.78, 5) is 22.3. The van der Waals surface area contributed by atoms with Gasteiger partial charge in [0.05, 0.1) is 13.2 Å². The number of nitrogens with one attached hydrogen (secondary N) is 2. The van der Waals surface area contributed by atoms with E-state index >= 15 is 0 Å². The highest BCUT2D eigenvalue weighted by Gasteiger charge is 2.04. The number of unbranched alkanes of at least 4 members (excludes halogenated alkanes) is 1. The van der Waals surface area contributed by atoms with Gasteiger partial charge in [-0.1, -0.05) is 0 Å². The van der Waals surface area contributed by atoms with E-state index in [-0.39, 0.29) is 18.4 Å². The zero-order chi connectivity index (χ0) is 12.2. The molecule has 0 saturated carbocycles. The normalized spacial score (nSPS) is 9.88. The summed E-state index contributed by atoms with van der Waals surface area (Å²) in [6.07, 6.45) is 2.00. The van der Waals surface area contributed by atoms with Crippen molar-refractivity contribution in [3.63, 3.8) is 0 Å². The van der Waals surface area contributed by atoms with Crippen molar-refractivity contribution in [1.29, 1.82) is 0 Å². The fourth-order valence-electron chi connectivity index (χ4n) is 1.05. The van der Waals surface area contributed by atoms with Crippen LogP contribution in [0.4, 0.5) is 0 Å². The molecule has 0 spiro atoms. The van der Waals surface area contributed by atoms with Gasteiger partial charge >= 0.3 is 0 Å². The number of nitrogens with two attached hydrogens (primary N) is 1. The fourth-order valence-corrected chi connectivity index (χ4v) is 1.05. The zero-order valence-corrected chi connectivity index (χ0v) is 9.75. The predicted octanol–water partition coefficient (Wildman–Crippen LogP) is -1.01. The maximum absolute atomic E-state index is 11.2. The van der Waals surface area contributed by atoms with Crippen molar-refractivity contribution in [3.05, 3.63) is 0 Å². The lowest BCUT2D eigenvalue weighted by atomic mass is 10.2. The van der Waals surface area contributed by atoms with Crippen LogP contribution in [0.2, 0.25) is 0 Å². The molecule has 94 valence electrons. The third-order valence-electron chi connectivity index (χ3n) is 1.93. The molecule has 0 fully saturated rings. The van der Waals surface area contributed by atoms with Gasteiger partial charge in [-0.05, 0) is 19.4 Å². The maximum Gasteiger partial charge on any atom is 0.239 e. The fraction of sp³-hybridized carbons (Fsp3) is 0.800. The highest BCUT2D eigenvalue weighted by molar-refractivity contribution is 5.84. The highest BCUT2D eigenvalue weighted by Crippen LogP contribution is 1.92. The first-order chi connectivity index (χ1) is 7.70. The summed E-state index contributed by atoms with van der Waals surface area (Å²) in [5, 5.41) is 5.14. The molecule has 0 aliphatic heterocycles. The van der Waals surface area contributed by atoms with Gasteiger partial charge in [-0.25, -0.2) is 0 Å². The second-order valence-corrected chi connectivity index (χ2v) is 3.37. The van der Waals surface area contributed by atoms with E-state index in [2.05, 4.69) is 10.6 Å². The van der Waals surface area contributed by atoms with E-state index in [0.29, 0.717) is 26.1 Å². The lowest BCUT2D eigenvalue weighted by Crippen LogP contribution is -2.38. The molecule has 4 N–H and O–H groups in total. The van der Waals surface area contributed by atoms with Crippen molar-refractivity contribution in [2.45, 2.75) is 19.3 Å². The molecule has 0 aliphatic carbocycles. The van der Waals surface area contributed by atoms with Crippen molar-refractivity contribution < 1.29 is 14.3 Å². The third-order valence-corrected chi connectivity index (χ3v) is 1.93. The minimum absolute atomic E-state index is 0.0190. The molecule has 0 atom stereocenters. The maximum atomic E-state index is 11.2. The van der Waals surface area contributed by atoms with Crippen LogP contribution in [0.25, 0.3) is 0 Å². The average Bonchev–Trinajstić information content (AvgIpc) is 2.27. The Morgan fingerprint density at radius 1 is 1.19 bits per heavy atom. The van der Waals surface area contributed by atoms with Crippen LogP contribution in [0.1, 0.15) is 19.3 Å². The van der Waals surface area contributed by atoms with E-state index in [0.717, 1.165) is 12.8 Å². The molecular weight excluding hydrogens is 210 g/mol. The number of carbonyl (C=O) groups is 2. The van der Waals surface area contributed by atoms with Gasteiger partial charge in [0.2, 0.25) is 11.8 Å². The number of carbonyl (C=O) groups excluding carboxylic acids is 2. The van der Waals surface area contributed by atoms with Gasteiger partial charge in [0.15, 0.2) is 0 Å². The molecule has 0 heterocycles. The Morgan fingerprint density at radius 3 is 2.56 bits per heavy atom. The van der Waals surface area contributed by atoms with Crippen molar-refractivity contribution in [2.75, 3.05) is 33.4 Å². The van der Waals surface area contributed by atoms with Gasteiger partial charge in [-0.2, -0.15) is 0 Å². The Labute approximate surface area is 95.9 Å². The van der Waals surface area contributed by atoms with Gasteiger partial charge in [-0.3, -0.25) is 9.59 Å². The van der Waals surface area contributed by atoms with Crippen LogP contribution in [-0.4, -0.2) is 45.2 Å². The Morgan fingerprint density at radius 2 is 1.94 bits per heavy atom. The number of methoxy groups -OCH3 is 1. The van der Waals surface area contributed by atoms with Crippen LogP contribution < -0.4 is 16.4 Å². The SMILES string of the molecule is COCCNC(=O)CNC(=O)CCCCN. The lowest BCUT2D eigenvalue weighted by molar-refractivity contribution is -0.126. The minimum atomic E-state index is -0.204. The van der Waals surface area contributed by atoms with Gasteiger partial charge in [0, 0.05) is 20.1 Å². The third kappa shape index (κ3) is 9.42. The van der Waals surface area contributed by atoms with Crippen molar-refractivity contribution in [1.82, 2.24) is 10.6 Å². The second kappa shape index (κ2) is 10.4. The monoisotopic (exact) mass is 231 g/mol. The topological polar surface area (TPSA) is 93.5 Å². The molecule has 6 heteroatoms. The lowest BCUT2D eigenvalue weighted by Gasteiger charge is -2.06. The van der Waals surface area contributed by atoms with Crippen LogP contribution >= 0.6 is 0 Å². The molecule has 0 radical (unpaired) electrons. The number of rotatable bonds is 9. The number of amides is 2. The van der Waals surface area contributed by atoms with Crippen molar-refractivity contribution >= 4 is 11.8 Å². The summed E-state index contributed by atoms with van der Waals surface area (Å²) in [5.41, 5.74) is 5.30. The van der Waals surface area contributed by atoms with Crippen LogP contribution in [0.3, 0.4) is 0 Å². The molecule has 0 rings (SSSR count). The Balaban J connectivity index is 3.40. The summed E-state index contributed by atoms with van der Waals surface area (Å²) in [5.74, 6) is -0.320. The van der Waals surface area contributed by atoms with Gasteiger partial charge in [-0.15, -0.1) is 0 Å². The van der Waals surface area contributed by atoms with Crippen LogP contribution in [0, 0.1) is 0 Å². The number of hydrogen-bond acceptors (Lipinski definition) is 4. The van der Waals surface area contributed by atoms with Crippen LogP contribution in [0.5, 0.6) is 0 Å². The number of hydrogen-bond donors (Lipinski definition) is 3. The Hall–Kier alpha value is -1.14. The van der Waals surface area contributed by atoms with E-state index in [1.54, 1.807) is 7.11 Å². The molecule has 16 heavy (non-hydrogen) atoms. The molecule has 0 bridgehead atoms. The zero-order valence-electron chi connectivity index (χ0n) is 9.75. The van der Waals surface area contributed by atoms with Crippen molar-refractivity contribution in [2.24, 2.45) is 5.73 Å². The molecule has 0 unspecified atom stereocenters. The Bertz CT molecular complexity index is 187. The van der Waals surface area contributed by atoms with Gasteiger partial charge in [0.25, 0.3) is 0 Å². The van der Waals surface area contributed by atoms with Gasteiger partial charge in [0.1, 0.15) is 0 Å². The summed E-state index contributed by atoms with van der Waals surface area (Å²) >= 11 is 0. The molecule has 0 aromatic rings. The summed E-state index contributed by atoms with van der Waals surface area (Å²) in [7, 11) is 1.56. The molecule has 0 aliphatic rings. The van der Waals surface area contributed by atoms with E-state index < -0.39 is 0 Å². The van der Waals surface area contributed by atoms with Crippen LogP contribution in [-0.2, 0) is 14.3 Å². The standard InChI is InChI=1S/C10H21N3O3/c1-16-7-6-12-10(15)8-13-9(14)4-2-3-5-11/h2-8,11H2,1H3,(H,12,15)(H,13,14). The molecule has 0 aromatic carbocycles. The highest BCUT2D eigenvalue weighted by atomic mass is 16.5. The number of ether oxygens (including phenoxy) is 1. The Kier molecular flexibility index (Phi) is 9.64. The van der Waals surface area contributed by atoms with Crippen molar-refractivity contribution in [3.8, 4) is 0 Å². The molecular formula is C10H21N3O3. The first-order valence-corrected chi connectivity index (χ1v) is 5.43. The smallest absolute Gasteiger partial charge is 0.239 e. The van der Waals surface area contributed by atoms with E-state index in [9.17, 15) is 9.59 Å². The summed E-state index contributed by atoms with van der Waals surface area (Å²) < 4.78 is 4.77. The van der Waals surface area contributed by atoms with E-state index in [1.165, 1.54) is 0 Å². The molecule has 0 saturated heterocycles. The first-order valence-electron chi connectivity index (χ1n) is 5.43. The van der Waals surface area contributed by atoms with E-state index in [4.69, 9.17) is 10.5 Å². The summed E-state index contributed by atoms with van der Waals surface area (Å²) in [6, 6.07) is 0. The molecule has 6 nitrogen and oxygen atoms in total. The first kappa shape index (κ1) is 14.9. The predicted molar refractivity (Wildman–Crippen MR) is 60.8 cm³/mol. The second-order valence-electron chi connectivity index (χ2n) is 3.37. The average molecular weight is 231 g/mol. The largest absolute Gasteiger partial charge is 0.383 e. The quantitative estimate of drug-likeness (QED) is 0.443. The molecule has 2 amide bonds. The van der Waals surface area contributed by atoms with Gasteiger partial charge < -0.3 is 21.1 Å². The summed E-state index contributed by atoms with van der Waals surface area (Å²) in [6.45, 7) is 1.53. The molecule has 0 aromatic heterocycles. The van der Waals surface area contributed by atoms with E-state index in [1.807, 2.05) is 0 Å².